The SMILES string of the molecule is CC(=O)N[C@@H]1[C@@H](CC(O)CO)CC(C(=O)OCC[Si](C)(C)C)=C[C@H]1OC(C)C. The van der Waals surface area contributed by atoms with E-state index < -0.39 is 20.3 Å². The van der Waals surface area contributed by atoms with E-state index in [2.05, 4.69) is 25.0 Å². The summed E-state index contributed by atoms with van der Waals surface area (Å²) in [6.45, 7) is 11.9. The molecule has 0 radical (unpaired) electrons. The van der Waals surface area contributed by atoms with Gasteiger partial charge in [0.25, 0.3) is 0 Å². The molecule has 1 unspecified atom stereocenters. The van der Waals surface area contributed by atoms with Gasteiger partial charge >= 0.3 is 5.97 Å². The molecule has 0 fully saturated rings. The van der Waals surface area contributed by atoms with Crippen LogP contribution in [-0.2, 0) is 19.1 Å². The summed E-state index contributed by atoms with van der Waals surface area (Å²) in [7, 11) is -1.31. The van der Waals surface area contributed by atoms with E-state index in [4.69, 9.17) is 9.47 Å². The first-order chi connectivity index (χ1) is 12.9. The number of amides is 1. The van der Waals surface area contributed by atoms with Crippen LogP contribution in [0, 0.1) is 5.92 Å². The second kappa shape index (κ2) is 11.1. The molecule has 0 aromatic carbocycles. The average molecular weight is 416 g/mol. The molecule has 0 spiro atoms. The van der Waals surface area contributed by atoms with Crippen LogP contribution >= 0.6 is 0 Å². The van der Waals surface area contributed by atoms with Crippen LogP contribution in [0.15, 0.2) is 11.6 Å². The number of nitrogens with one attached hydrogen (secondary N) is 1. The number of ether oxygens (including phenoxy) is 2. The van der Waals surface area contributed by atoms with Crippen LogP contribution in [-0.4, -0.2) is 67.7 Å². The summed E-state index contributed by atoms with van der Waals surface area (Å²) >= 11 is 0. The monoisotopic (exact) mass is 415 g/mol. The maximum atomic E-state index is 12.6. The molecule has 0 heterocycles. The van der Waals surface area contributed by atoms with Crippen molar-refractivity contribution in [1.29, 1.82) is 0 Å². The average Bonchev–Trinajstić information content (AvgIpc) is 2.55. The van der Waals surface area contributed by atoms with E-state index in [1.807, 2.05) is 13.8 Å². The molecule has 7 nitrogen and oxygen atoms in total. The molecule has 1 amide bonds. The van der Waals surface area contributed by atoms with E-state index in [0.29, 0.717) is 18.6 Å². The fourth-order valence-electron chi connectivity index (χ4n) is 3.27. The van der Waals surface area contributed by atoms with Gasteiger partial charge in [0.15, 0.2) is 0 Å². The van der Waals surface area contributed by atoms with Crippen molar-refractivity contribution in [2.75, 3.05) is 13.2 Å². The Morgan fingerprint density at radius 2 is 1.96 bits per heavy atom. The molecule has 4 atom stereocenters. The lowest BCUT2D eigenvalue weighted by molar-refractivity contribution is -0.139. The van der Waals surface area contributed by atoms with Gasteiger partial charge in [-0.1, -0.05) is 19.6 Å². The highest BCUT2D eigenvalue weighted by Gasteiger charge is 2.38. The van der Waals surface area contributed by atoms with E-state index in [0.717, 1.165) is 6.04 Å². The minimum atomic E-state index is -1.31. The van der Waals surface area contributed by atoms with Gasteiger partial charge in [0.05, 0.1) is 37.6 Å². The molecule has 0 saturated carbocycles. The zero-order valence-corrected chi connectivity index (χ0v) is 19.0. The predicted octanol–water partition coefficient (Wildman–Crippen LogP) is 1.86. The van der Waals surface area contributed by atoms with Crippen molar-refractivity contribution in [2.24, 2.45) is 5.92 Å². The lowest BCUT2D eigenvalue weighted by Gasteiger charge is -2.38. The fourth-order valence-corrected chi connectivity index (χ4v) is 3.98. The first-order valence-electron chi connectivity index (χ1n) is 10.0. The number of aliphatic hydroxyl groups excluding tert-OH is 2. The highest BCUT2D eigenvalue weighted by molar-refractivity contribution is 6.76. The Kier molecular flexibility index (Phi) is 9.83. The van der Waals surface area contributed by atoms with Crippen LogP contribution in [0.4, 0.5) is 0 Å². The second-order valence-corrected chi connectivity index (χ2v) is 14.7. The molecule has 3 N–H and O–H groups in total. The first-order valence-corrected chi connectivity index (χ1v) is 13.7. The summed E-state index contributed by atoms with van der Waals surface area (Å²) < 4.78 is 11.4. The van der Waals surface area contributed by atoms with Crippen molar-refractivity contribution in [3.05, 3.63) is 11.6 Å². The number of aliphatic hydroxyl groups is 2. The molecule has 1 rings (SSSR count). The smallest absolute Gasteiger partial charge is 0.333 e. The summed E-state index contributed by atoms with van der Waals surface area (Å²) in [4.78, 5) is 24.3. The number of esters is 1. The first kappa shape index (κ1) is 24.8. The maximum Gasteiger partial charge on any atom is 0.333 e. The van der Waals surface area contributed by atoms with Gasteiger partial charge in [-0.3, -0.25) is 4.79 Å². The largest absolute Gasteiger partial charge is 0.463 e. The van der Waals surface area contributed by atoms with E-state index >= 15 is 0 Å². The Balaban J connectivity index is 3.02. The van der Waals surface area contributed by atoms with Crippen molar-refractivity contribution in [2.45, 2.75) is 83.7 Å². The van der Waals surface area contributed by atoms with E-state index in [1.54, 1.807) is 6.08 Å². The number of carbonyl (C=O) groups excluding carboxylic acids is 2. The van der Waals surface area contributed by atoms with Crippen LogP contribution in [0.1, 0.15) is 33.6 Å². The van der Waals surface area contributed by atoms with Crippen LogP contribution in [0.3, 0.4) is 0 Å². The summed E-state index contributed by atoms with van der Waals surface area (Å²) in [5.74, 6) is -0.833. The third-order valence-corrected chi connectivity index (χ3v) is 6.35. The van der Waals surface area contributed by atoms with Crippen LogP contribution in [0.25, 0.3) is 0 Å². The van der Waals surface area contributed by atoms with Gasteiger partial charge in [-0.15, -0.1) is 0 Å². The minimum Gasteiger partial charge on any atom is -0.463 e. The topological polar surface area (TPSA) is 105 Å². The normalized spacial score (nSPS) is 23.9. The predicted molar refractivity (Wildman–Crippen MR) is 111 cm³/mol. The number of rotatable bonds is 10. The maximum absolute atomic E-state index is 12.6. The van der Waals surface area contributed by atoms with Crippen LogP contribution in [0.2, 0.25) is 25.7 Å². The Bertz CT molecular complexity index is 557. The molecular weight excluding hydrogens is 378 g/mol. The highest BCUT2D eigenvalue weighted by Crippen LogP contribution is 2.31. The van der Waals surface area contributed by atoms with Gasteiger partial charge in [-0.25, -0.2) is 4.79 Å². The highest BCUT2D eigenvalue weighted by atomic mass is 28.3. The van der Waals surface area contributed by atoms with E-state index in [1.165, 1.54) is 6.92 Å². The molecule has 0 saturated heterocycles. The van der Waals surface area contributed by atoms with Crippen LogP contribution < -0.4 is 5.32 Å². The van der Waals surface area contributed by atoms with Crippen molar-refractivity contribution < 1.29 is 29.3 Å². The molecule has 162 valence electrons. The van der Waals surface area contributed by atoms with Gasteiger partial charge in [0.2, 0.25) is 5.91 Å². The summed E-state index contributed by atoms with van der Waals surface area (Å²) in [5.41, 5.74) is 0.498. The quantitative estimate of drug-likeness (QED) is 0.371. The zero-order valence-electron chi connectivity index (χ0n) is 18.0. The molecule has 8 heteroatoms. The molecule has 1 aliphatic rings. The molecule has 0 aromatic rings. The third-order valence-electron chi connectivity index (χ3n) is 4.64. The van der Waals surface area contributed by atoms with Crippen molar-refractivity contribution in [3.8, 4) is 0 Å². The van der Waals surface area contributed by atoms with Gasteiger partial charge in [0, 0.05) is 20.6 Å². The van der Waals surface area contributed by atoms with E-state index in [9.17, 15) is 19.8 Å². The number of hydrogen-bond acceptors (Lipinski definition) is 6. The Morgan fingerprint density at radius 1 is 1.32 bits per heavy atom. The molecule has 1 aliphatic carbocycles. The Hall–Kier alpha value is -1.22. The summed E-state index contributed by atoms with van der Waals surface area (Å²) in [5, 5.41) is 22.1. The fraction of sp³-hybridized carbons (Fsp3) is 0.800. The second-order valence-electron chi connectivity index (χ2n) is 9.05. The van der Waals surface area contributed by atoms with Crippen molar-refractivity contribution in [1.82, 2.24) is 5.32 Å². The third kappa shape index (κ3) is 8.85. The molecule has 0 aliphatic heterocycles. The van der Waals surface area contributed by atoms with Crippen LogP contribution in [0.5, 0.6) is 0 Å². The summed E-state index contributed by atoms with van der Waals surface area (Å²) in [6.07, 6.45) is 0.795. The van der Waals surface area contributed by atoms with Gasteiger partial charge in [-0.2, -0.15) is 0 Å². The molecule has 0 aromatic heterocycles. The summed E-state index contributed by atoms with van der Waals surface area (Å²) in [6, 6.07) is 0.499. The molecular formula is C20H37NO6Si. The number of hydrogen-bond donors (Lipinski definition) is 3. The Labute approximate surface area is 169 Å². The van der Waals surface area contributed by atoms with Gasteiger partial charge in [0.1, 0.15) is 0 Å². The number of carbonyl (C=O) groups is 2. The molecule has 0 bridgehead atoms. The van der Waals surface area contributed by atoms with Gasteiger partial charge < -0.3 is 25.0 Å². The lowest BCUT2D eigenvalue weighted by Crippen LogP contribution is -2.52. The van der Waals surface area contributed by atoms with Crippen molar-refractivity contribution >= 4 is 20.0 Å². The lowest BCUT2D eigenvalue weighted by atomic mass is 9.79. The minimum absolute atomic E-state index is 0.108. The Morgan fingerprint density at radius 3 is 2.46 bits per heavy atom. The standard InChI is InChI=1S/C20H37NO6Si/c1-13(2)27-18-11-16(20(25)26-7-8-28(4,5)6)9-15(10-17(24)12-22)19(18)21-14(3)23/h11,13,15,17-19,22,24H,7-10,12H2,1-6H3,(H,21,23)/t15-,17?,18-,19-/m1/s1. The van der Waals surface area contributed by atoms with Crippen molar-refractivity contribution in [3.63, 3.8) is 0 Å². The zero-order chi connectivity index (χ0) is 21.5. The van der Waals surface area contributed by atoms with E-state index in [-0.39, 0.29) is 43.0 Å². The molecule has 28 heavy (non-hydrogen) atoms. The van der Waals surface area contributed by atoms with Gasteiger partial charge in [-0.05, 0) is 44.7 Å².